The summed E-state index contributed by atoms with van der Waals surface area (Å²) in [6, 6.07) is 7.66. The predicted molar refractivity (Wildman–Crippen MR) is 77.0 cm³/mol. The molecule has 1 aromatic carbocycles. The molecule has 1 aliphatic rings. The molecule has 0 radical (unpaired) electrons. The number of benzene rings is 1. The lowest BCUT2D eigenvalue weighted by molar-refractivity contribution is 0.460. The van der Waals surface area contributed by atoms with Crippen molar-refractivity contribution in [1.82, 2.24) is 5.32 Å². The smallest absolute Gasteiger partial charge is 0.0107 e. The number of hydrogen-bond donors (Lipinski definition) is 1. The highest BCUT2D eigenvalue weighted by Crippen LogP contribution is 2.34. The van der Waals surface area contributed by atoms with Gasteiger partial charge in [0, 0.05) is 16.7 Å². The fraction of sp³-hybridized carbons (Fsp3) is 0.600. The Labute approximate surface area is 109 Å². The van der Waals surface area contributed by atoms with E-state index in [-0.39, 0.29) is 0 Å². The first-order chi connectivity index (χ1) is 8.26. The van der Waals surface area contributed by atoms with Crippen LogP contribution in [0.4, 0.5) is 0 Å². The molecule has 0 fully saturated rings. The Bertz CT molecular complexity index is 375. The van der Waals surface area contributed by atoms with Gasteiger partial charge in [-0.05, 0) is 49.4 Å². The van der Waals surface area contributed by atoms with Crippen LogP contribution in [0.3, 0.4) is 0 Å². The van der Waals surface area contributed by atoms with Crippen molar-refractivity contribution >= 4 is 11.8 Å². The summed E-state index contributed by atoms with van der Waals surface area (Å²) in [6.07, 6.45) is 2.46. The van der Waals surface area contributed by atoms with Crippen molar-refractivity contribution in [1.29, 1.82) is 0 Å². The predicted octanol–water partition coefficient (Wildman–Crippen LogP) is 3.83. The van der Waals surface area contributed by atoms with Gasteiger partial charge in [-0.1, -0.05) is 26.0 Å². The van der Waals surface area contributed by atoms with Crippen molar-refractivity contribution in [3.8, 4) is 0 Å². The molecule has 1 heterocycles. The summed E-state index contributed by atoms with van der Waals surface area (Å²) in [5, 5.41) is 3.56. The molecule has 0 aromatic heterocycles. The number of nitrogens with one attached hydrogen (secondary N) is 1. The molecule has 0 saturated heterocycles. The lowest BCUT2D eigenvalue weighted by Crippen LogP contribution is -2.31. The molecule has 0 spiro atoms. The molecule has 17 heavy (non-hydrogen) atoms. The van der Waals surface area contributed by atoms with Gasteiger partial charge in [0.2, 0.25) is 0 Å². The number of aryl methyl sites for hydroxylation is 1. The van der Waals surface area contributed by atoms with Gasteiger partial charge < -0.3 is 5.32 Å². The van der Waals surface area contributed by atoms with Gasteiger partial charge in [-0.15, -0.1) is 11.8 Å². The van der Waals surface area contributed by atoms with Gasteiger partial charge in [-0.25, -0.2) is 0 Å². The molecule has 0 saturated carbocycles. The molecule has 2 rings (SSSR count). The molecule has 0 bridgehead atoms. The molecule has 1 nitrogen and oxygen atoms in total. The van der Waals surface area contributed by atoms with E-state index in [2.05, 4.69) is 44.3 Å². The minimum atomic E-state index is 0.567. The van der Waals surface area contributed by atoms with E-state index in [9.17, 15) is 0 Å². The number of hydrogen-bond acceptors (Lipinski definition) is 2. The van der Waals surface area contributed by atoms with Crippen LogP contribution in [-0.4, -0.2) is 18.3 Å². The summed E-state index contributed by atoms with van der Waals surface area (Å²) in [6.45, 7) is 7.83. The molecule has 2 unspecified atom stereocenters. The van der Waals surface area contributed by atoms with Crippen molar-refractivity contribution in [2.24, 2.45) is 0 Å². The maximum Gasteiger partial charge on any atom is 0.0107 e. The van der Waals surface area contributed by atoms with Crippen LogP contribution in [0.5, 0.6) is 0 Å². The number of rotatable bonds is 5. The van der Waals surface area contributed by atoms with Gasteiger partial charge in [0.15, 0.2) is 0 Å². The zero-order chi connectivity index (χ0) is 12.3. The van der Waals surface area contributed by atoms with Crippen molar-refractivity contribution in [3.63, 3.8) is 0 Å². The average Bonchev–Trinajstić information content (AvgIpc) is 2.77. The highest BCUT2D eigenvalue weighted by Gasteiger charge is 2.19. The summed E-state index contributed by atoms with van der Waals surface area (Å²) in [5.41, 5.74) is 3.08. The lowest BCUT2D eigenvalue weighted by atomic mass is 9.89. The van der Waals surface area contributed by atoms with E-state index in [1.165, 1.54) is 29.1 Å². The maximum atomic E-state index is 3.56. The van der Waals surface area contributed by atoms with E-state index in [0.29, 0.717) is 12.0 Å². The highest BCUT2D eigenvalue weighted by molar-refractivity contribution is 7.99. The van der Waals surface area contributed by atoms with Crippen molar-refractivity contribution in [3.05, 3.63) is 29.3 Å². The van der Waals surface area contributed by atoms with Gasteiger partial charge in [0.05, 0.1) is 0 Å². The van der Waals surface area contributed by atoms with E-state index >= 15 is 0 Å². The summed E-state index contributed by atoms with van der Waals surface area (Å²) in [7, 11) is 0. The molecule has 2 heteroatoms. The zero-order valence-electron chi connectivity index (χ0n) is 11.1. The summed E-state index contributed by atoms with van der Waals surface area (Å²) in [4.78, 5) is 1.50. The molecule has 0 aliphatic carbocycles. The van der Waals surface area contributed by atoms with Crippen LogP contribution in [0.1, 0.15) is 44.2 Å². The highest BCUT2D eigenvalue weighted by atomic mass is 32.2. The van der Waals surface area contributed by atoms with Crippen LogP contribution in [0.2, 0.25) is 0 Å². The molecule has 2 atom stereocenters. The first kappa shape index (κ1) is 13.0. The standard InChI is InChI=1S/C15H23NS/c1-4-14(11(3)16-5-2)12-6-7-15-13(10-12)8-9-17-15/h6-7,10-11,14,16H,4-5,8-9H2,1-3H3. The molecule has 0 amide bonds. The van der Waals surface area contributed by atoms with Crippen LogP contribution in [0, 0.1) is 0 Å². The van der Waals surface area contributed by atoms with Gasteiger partial charge in [0.25, 0.3) is 0 Å². The molecule has 94 valence electrons. The minimum Gasteiger partial charge on any atom is -0.314 e. The number of likely N-dealkylation sites (N-methyl/N-ethyl adjacent to an activating group) is 1. The first-order valence-electron chi connectivity index (χ1n) is 6.75. The zero-order valence-corrected chi connectivity index (χ0v) is 11.9. The van der Waals surface area contributed by atoms with Gasteiger partial charge in [-0.2, -0.15) is 0 Å². The Hall–Kier alpha value is -0.470. The van der Waals surface area contributed by atoms with Crippen molar-refractivity contribution in [2.75, 3.05) is 12.3 Å². The third kappa shape index (κ3) is 2.86. The fourth-order valence-electron chi connectivity index (χ4n) is 2.78. The average molecular weight is 249 g/mol. The maximum absolute atomic E-state index is 3.56. The second-order valence-electron chi connectivity index (χ2n) is 4.83. The Morgan fingerprint density at radius 1 is 1.35 bits per heavy atom. The Kier molecular flexibility index (Phi) is 4.52. The van der Waals surface area contributed by atoms with Crippen LogP contribution in [0.25, 0.3) is 0 Å². The largest absolute Gasteiger partial charge is 0.314 e. The number of fused-ring (bicyclic) bond motifs is 1. The Morgan fingerprint density at radius 2 is 2.18 bits per heavy atom. The monoisotopic (exact) mass is 249 g/mol. The van der Waals surface area contributed by atoms with Crippen LogP contribution in [0.15, 0.2) is 23.1 Å². The third-order valence-electron chi connectivity index (χ3n) is 3.71. The quantitative estimate of drug-likeness (QED) is 0.851. The van der Waals surface area contributed by atoms with Gasteiger partial charge >= 0.3 is 0 Å². The number of thioether (sulfide) groups is 1. The second kappa shape index (κ2) is 5.92. The van der Waals surface area contributed by atoms with Gasteiger partial charge in [-0.3, -0.25) is 0 Å². The normalized spacial score (nSPS) is 17.8. The fourth-order valence-corrected chi connectivity index (χ4v) is 3.83. The van der Waals surface area contributed by atoms with Crippen LogP contribution >= 0.6 is 11.8 Å². The van der Waals surface area contributed by atoms with E-state index in [0.717, 1.165) is 6.54 Å². The molecule has 1 aliphatic heterocycles. The van der Waals surface area contributed by atoms with E-state index in [1.807, 2.05) is 11.8 Å². The first-order valence-corrected chi connectivity index (χ1v) is 7.73. The molecule has 1 N–H and O–H groups in total. The minimum absolute atomic E-state index is 0.567. The summed E-state index contributed by atoms with van der Waals surface area (Å²) >= 11 is 2.00. The van der Waals surface area contributed by atoms with Crippen molar-refractivity contribution in [2.45, 2.75) is 50.5 Å². The topological polar surface area (TPSA) is 12.0 Å². The van der Waals surface area contributed by atoms with E-state index in [4.69, 9.17) is 0 Å². The SMILES string of the molecule is CCNC(C)C(CC)c1ccc2c(c1)CCS2. The van der Waals surface area contributed by atoms with Crippen molar-refractivity contribution < 1.29 is 0 Å². The van der Waals surface area contributed by atoms with E-state index in [1.54, 1.807) is 5.56 Å². The molecular formula is C15H23NS. The van der Waals surface area contributed by atoms with E-state index < -0.39 is 0 Å². The Morgan fingerprint density at radius 3 is 2.88 bits per heavy atom. The second-order valence-corrected chi connectivity index (χ2v) is 5.96. The van der Waals surface area contributed by atoms with Crippen LogP contribution < -0.4 is 5.32 Å². The lowest BCUT2D eigenvalue weighted by Gasteiger charge is -2.24. The molecular weight excluding hydrogens is 226 g/mol. The van der Waals surface area contributed by atoms with Crippen LogP contribution in [-0.2, 0) is 6.42 Å². The summed E-state index contributed by atoms with van der Waals surface area (Å²) in [5.74, 6) is 1.91. The summed E-state index contributed by atoms with van der Waals surface area (Å²) < 4.78 is 0. The molecule has 1 aromatic rings. The third-order valence-corrected chi connectivity index (χ3v) is 4.83. The Balaban J connectivity index is 2.19. The van der Waals surface area contributed by atoms with Gasteiger partial charge in [0.1, 0.15) is 0 Å².